The van der Waals surface area contributed by atoms with Gasteiger partial charge in [-0.2, -0.15) is 0 Å². The predicted octanol–water partition coefficient (Wildman–Crippen LogP) is 2.27. The molecule has 1 aliphatic carbocycles. The van der Waals surface area contributed by atoms with Crippen LogP contribution in [-0.2, 0) is 9.53 Å². The van der Waals surface area contributed by atoms with E-state index in [-0.39, 0.29) is 18.6 Å². The number of hydrogen-bond donors (Lipinski definition) is 1. The topological polar surface area (TPSA) is 66.8 Å². The van der Waals surface area contributed by atoms with E-state index in [4.69, 9.17) is 9.84 Å². The summed E-state index contributed by atoms with van der Waals surface area (Å²) in [6, 6.07) is 7.75. The van der Waals surface area contributed by atoms with Crippen LogP contribution < -0.4 is 0 Å². The maximum Gasteiger partial charge on any atom is 0.334 e. The summed E-state index contributed by atoms with van der Waals surface area (Å²) in [4.78, 5) is 25.2. The van der Waals surface area contributed by atoms with E-state index >= 15 is 0 Å². The molecule has 1 saturated heterocycles. The van der Waals surface area contributed by atoms with Gasteiger partial charge in [0.15, 0.2) is 6.10 Å². The SMILES string of the molecule is C[C@@H]1CN(C(=O)c2ccc(C3CCC3)cc2)CC(C(=O)O)O1. The summed E-state index contributed by atoms with van der Waals surface area (Å²) in [6.07, 6.45) is 2.53. The largest absolute Gasteiger partial charge is 0.479 e. The van der Waals surface area contributed by atoms with Crippen LogP contribution in [0.5, 0.6) is 0 Å². The molecule has 0 spiro atoms. The Morgan fingerprint density at radius 1 is 1.18 bits per heavy atom. The summed E-state index contributed by atoms with van der Waals surface area (Å²) in [7, 11) is 0. The lowest BCUT2D eigenvalue weighted by Crippen LogP contribution is -2.51. The predicted molar refractivity (Wildman–Crippen MR) is 80.9 cm³/mol. The molecule has 2 aliphatic rings. The second kappa shape index (κ2) is 6.08. The zero-order valence-electron chi connectivity index (χ0n) is 12.7. The standard InChI is InChI=1S/C17H21NO4/c1-11-9-18(10-15(22-11)17(20)21)16(19)14-7-5-13(6-8-14)12-3-2-4-12/h5-8,11-12,15H,2-4,9-10H2,1H3,(H,20,21)/t11-,15?/m1/s1. The van der Waals surface area contributed by atoms with Crippen molar-refractivity contribution in [2.75, 3.05) is 13.1 Å². The lowest BCUT2D eigenvalue weighted by molar-refractivity contribution is -0.160. The highest BCUT2D eigenvalue weighted by atomic mass is 16.5. The minimum atomic E-state index is -1.02. The van der Waals surface area contributed by atoms with Crippen molar-refractivity contribution in [3.63, 3.8) is 0 Å². The Morgan fingerprint density at radius 2 is 1.86 bits per heavy atom. The molecule has 3 rings (SSSR count). The van der Waals surface area contributed by atoms with Gasteiger partial charge in [-0.05, 0) is 43.4 Å². The van der Waals surface area contributed by atoms with Crippen LogP contribution in [0, 0.1) is 0 Å². The Morgan fingerprint density at radius 3 is 2.41 bits per heavy atom. The number of hydrogen-bond acceptors (Lipinski definition) is 3. The second-order valence-corrected chi connectivity index (χ2v) is 6.23. The quantitative estimate of drug-likeness (QED) is 0.930. The Kier molecular flexibility index (Phi) is 4.16. The molecule has 118 valence electrons. The molecule has 1 unspecified atom stereocenters. The first-order valence-corrected chi connectivity index (χ1v) is 7.82. The molecule has 1 amide bonds. The van der Waals surface area contributed by atoms with E-state index in [1.807, 2.05) is 24.3 Å². The molecular formula is C17H21NO4. The van der Waals surface area contributed by atoms with Crippen LogP contribution in [0.15, 0.2) is 24.3 Å². The van der Waals surface area contributed by atoms with Crippen LogP contribution in [0.25, 0.3) is 0 Å². The molecule has 1 aromatic rings. The molecule has 22 heavy (non-hydrogen) atoms. The number of carboxylic acid groups (broad SMARTS) is 1. The molecule has 1 aliphatic heterocycles. The Balaban J connectivity index is 1.70. The maximum absolute atomic E-state index is 12.6. The number of morpholine rings is 1. The molecule has 0 aromatic heterocycles. The van der Waals surface area contributed by atoms with Crippen LogP contribution in [0.3, 0.4) is 0 Å². The normalized spacial score (nSPS) is 25.6. The number of rotatable bonds is 3. The zero-order chi connectivity index (χ0) is 15.7. The van der Waals surface area contributed by atoms with Crippen molar-refractivity contribution in [2.45, 2.75) is 44.3 Å². The van der Waals surface area contributed by atoms with Crippen LogP contribution in [0.2, 0.25) is 0 Å². The highest BCUT2D eigenvalue weighted by Gasteiger charge is 2.33. The number of ether oxygens (including phenoxy) is 1. The number of aliphatic carboxylic acids is 1. The zero-order valence-corrected chi connectivity index (χ0v) is 12.7. The summed E-state index contributed by atoms with van der Waals surface area (Å²) >= 11 is 0. The summed E-state index contributed by atoms with van der Waals surface area (Å²) in [6.45, 7) is 2.31. The fraction of sp³-hybridized carbons (Fsp3) is 0.529. The summed E-state index contributed by atoms with van der Waals surface area (Å²) in [5.74, 6) is -0.504. The van der Waals surface area contributed by atoms with Gasteiger partial charge >= 0.3 is 5.97 Å². The van der Waals surface area contributed by atoms with Gasteiger partial charge in [0.25, 0.3) is 5.91 Å². The van der Waals surface area contributed by atoms with Gasteiger partial charge in [-0.1, -0.05) is 18.6 Å². The van der Waals surface area contributed by atoms with Gasteiger partial charge in [0.2, 0.25) is 0 Å². The third-order valence-corrected chi connectivity index (χ3v) is 4.56. The average Bonchev–Trinajstić information content (AvgIpc) is 2.45. The van der Waals surface area contributed by atoms with E-state index in [2.05, 4.69) is 0 Å². The monoisotopic (exact) mass is 303 g/mol. The lowest BCUT2D eigenvalue weighted by Gasteiger charge is -2.35. The summed E-state index contributed by atoms with van der Waals surface area (Å²) in [5.41, 5.74) is 1.91. The van der Waals surface area contributed by atoms with E-state index in [0.29, 0.717) is 18.0 Å². The van der Waals surface area contributed by atoms with Crippen LogP contribution in [0.4, 0.5) is 0 Å². The van der Waals surface area contributed by atoms with Crippen molar-refractivity contribution < 1.29 is 19.4 Å². The van der Waals surface area contributed by atoms with Crippen molar-refractivity contribution >= 4 is 11.9 Å². The molecular weight excluding hydrogens is 282 g/mol. The van der Waals surface area contributed by atoms with E-state index in [1.54, 1.807) is 11.8 Å². The molecule has 0 radical (unpaired) electrons. The fourth-order valence-corrected chi connectivity index (χ4v) is 3.08. The molecule has 1 aromatic carbocycles. The minimum Gasteiger partial charge on any atom is -0.479 e. The average molecular weight is 303 g/mol. The first-order chi connectivity index (χ1) is 10.5. The van der Waals surface area contributed by atoms with Gasteiger partial charge in [-0.25, -0.2) is 4.79 Å². The lowest BCUT2D eigenvalue weighted by atomic mass is 9.80. The maximum atomic E-state index is 12.6. The third kappa shape index (κ3) is 2.99. The van der Waals surface area contributed by atoms with Crippen molar-refractivity contribution in [3.05, 3.63) is 35.4 Å². The number of nitrogens with zero attached hydrogens (tertiary/aromatic N) is 1. The van der Waals surface area contributed by atoms with E-state index < -0.39 is 12.1 Å². The minimum absolute atomic E-state index is 0.100. The van der Waals surface area contributed by atoms with E-state index in [1.165, 1.54) is 24.8 Å². The van der Waals surface area contributed by atoms with Gasteiger partial charge in [-0.15, -0.1) is 0 Å². The molecule has 1 N–H and O–H groups in total. The third-order valence-electron chi connectivity index (χ3n) is 4.56. The van der Waals surface area contributed by atoms with Gasteiger partial charge in [0, 0.05) is 12.1 Å². The Hall–Kier alpha value is -1.88. The Labute approximate surface area is 129 Å². The number of carbonyl (C=O) groups is 2. The number of carbonyl (C=O) groups excluding carboxylic acids is 1. The highest BCUT2D eigenvalue weighted by molar-refractivity contribution is 5.94. The van der Waals surface area contributed by atoms with Gasteiger partial charge < -0.3 is 14.7 Å². The Bertz CT molecular complexity index is 565. The van der Waals surface area contributed by atoms with Crippen LogP contribution in [0.1, 0.15) is 48.0 Å². The van der Waals surface area contributed by atoms with Gasteiger partial charge in [-0.3, -0.25) is 4.79 Å². The van der Waals surface area contributed by atoms with Gasteiger partial charge in [0.05, 0.1) is 12.6 Å². The molecule has 2 fully saturated rings. The molecule has 2 atom stereocenters. The van der Waals surface area contributed by atoms with Crippen molar-refractivity contribution in [3.8, 4) is 0 Å². The highest BCUT2D eigenvalue weighted by Crippen LogP contribution is 2.36. The van der Waals surface area contributed by atoms with E-state index in [9.17, 15) is 9.59 Å². The van der Waals surface area contributed by atoms with Crippen molar-refractivity contribution in [1.82, 2.24) is 4.90 Å². The molecule has 5 nitrogen and oxygen atoms in total. The van der Waals surface area contributed by atoms with Crippen LogP contribution in [-0.4, -0.2) is 47.2 Å². The van der Waals surface area contributed by atoms with E-state index in [0.717, 1.165) is 0 Å². The van der Waals surface area contributed by atoms with Crippen molar-refractivity contribution in [1.29, 1.82) is 0 Å². The fourth-order valence-electron chi connectivity index (χ4n) is 3.08. The molecule has 5 heteroatoms. The van der Waals surface area contributed by atoms with Gasteiger partial charge in [0.1, 0.15) is 0 Å². The summed E-state index contributed by atoms with van der Waals surface area (Å²) in [5, 5.41) is 9.09. The molecule has 1 heterocycles. The van der Waals surface area contributed by atoms with Crippen molar-refractivity contribution in [2.24, 2.45) is 0 Å². The number of benzene rings is 1. The number of carboxylic acids is 1. The first-order valence-electron chi connectivity index (χ1n) is 7.82. The number of amides is 1. The smallest absolute Gasteiger partial charge is 0.334 e. The molecule has 0 bridgehead atoms. The molecule has 1 saturated carbocycles. The first kappa shape index (κ1) is 15.0. The summed E-state index contributed by atoms with van der Waals surface area (Å²) < 4.78 is 5.34. The second-order valence-electron chi connectivity index (χ2n) is 6.23. The van der Waals surface area contributed by atoms with Crippen LogP contribution >= 0.6 is 0 Å².